The largest absolute Gasteiger partial charge is 0.370 e. The van der Waals surface area contributed by atoms with Crippen molar-refractivity contribution >= 4 is 29.9 Å². The van der Waals surface area contributed by atoms with Crippen molar-refractivity contribution in [3.8, 4) is 0 Å². The Balaban J connectivity index is 0.00000441. The fraction of sp³-hybridized carbons (Fsp3) is 0.750. The van der Waals surface area contributed by atoms with Gasteiger partial charge in [0.25, 0.3) is 0 Å². The summed E-state index contributed by atoms with van der Waals surface area (Å²) < 4.78 is 5.13. The standard InChI is InChI=1S/C16H30N4O.HI/c1-4-5-6-7-8-9-11-18-16(17)19-12-10-15-13(2)20-21-14(15)3;/h4-12H2,1-3H3,(H3,17,18,19);1H. The molecule has 128 valence electrons. The van der Waals surface area contributed by atoms with Crippen LogP contribution in [0.1, 0.15) is 62.5 Å². The number of nitrogens with one attached hydrogen (secondary N) is 1. The van der Waals surface area contributed by atoms with Gasteiger partial charge in [-0.05, 0) is 26.7 Å². The highest BCUT2D eigenvalue weighted by atomic mass is 127. The summed E-state index contributed by atoms with van der Waals surface area (Å²) in [5.41, 5.74) is 7.97. The smallest absolute Gasteiger partial charge is 0.188 e. The van der Waals surface area contributed by atoms with Crippen LogP contribution in [0.3, 0.4) is 0 Å². The van der Waals surface area contributed by atoms with E-state index in [0.29, 0.717) is 5.96 Å². The second-order valence-electron chi connectivity index (χ2n) is 5.51. The molecule has 5 nitrogen and oxygen atoms in total. The number of halogens is 1. The summed E-state index contributed by atoms with van der Waals surface area (Å²) in [7, 11) is 0. The zero-order valence-electron chi connectivity index (χ0n) is 14.2. The molecular formula is C16H31IN4O. The number of rotatable bonds is 10. The van der Waals surface area contributed by atoms with E-state index in [1.165, 1.54) is 32.1 Å². The molecule has 1 aromatic rings. The van der Waals surface area contributed by atoms with Crippen LogP contribution in [0.25, 0.3) is 0 Å². The predicted molar refractivity (Wildman–Crippen MR) is 103 cm³/mol. The van der Waals surface area contributed by atoms with Gasteiger partial charge in [0.2, 0.25) is 0 Å². The number of hydrogen-bond donors (Lipinski definition) is 2. The van der Waals surface area contributed by atoms with Crippen LogP contribution in [0.5, 0.6) is 0 Å². The normalized spacial score (nSPS) is 11.3. The van der Waals surface area contributed by atoms with Crippen LogP contribution in [0.4, 0.5) is 0 Å². The molecule has 1 aromatic heterocycles. The van der Waals surface area contributed by atoms with Crippen molar-refractivity contribution in [2.24, 2.45) is 10.7 Å². The number of hydrogen-bond acceptors (Lipinski definition) is 3. The fourth-order valence-corrected chi connectivity index (χ4v) is 2.32. The van der Waals surface area contributed by atoms with Gasteiger partial charge < -0.3 is 15.6 Å². The molecule has 0 aromatic carbocycles. The third-order valence-corrected chi connectivity index (χ3v) is 3.66. The third kappa shape index (κ3) is 8.60. The van der Waals surface area contributed by atoms with Gasteiger partial charge in [0.15, 0.2) is 5.96 Å². The first-order valence-corrected chi connectivity index (χ1v) is 8.10. The summed E-state index contributed by atoms with van der Waals surface area (Å²) in [6.45, 7) is 7.71. The topological polar surface area (TPSA) is 76.4 Å². The maximum Gasteiger partial charge on any atom is 0.188 e. The molecular weight excluding hydrogens is 391 g/mol. The Morgan fingerprint density at radius 1 is 1.18 bits per heavy atom. The van der Waals surface area contributed by atoms with E-state index in [4.69, 9.17) is 10.3 Å². The van der Waals surface area contributed by atoms with Crippen LogP contribution in [-0.4, -0.2) is 24.2 Å². The minimum atomic E-state index is 0. The molecule has 22 heavy (non-hydrogen) atoms. The molecule has 1 rings (SSSR count). The minimum Gasteiger partial charge on any atom is -0.370 e. The number of unbranched alkanes of at least 4 members (excludes halogenated alkanes) is 5. The lowest BCUT2D eigenvalue weighted by molar-refractivity contribution is 0.392. The van der Waals surface area contributed by atoms with Crippen molar-refractivity contribution in [2.75, 3.05) is 13.1 Å². The monoisotopic (exact) mass is 422 g/mol. The summed E-state index contributed by atoms with van der Waals surface area (Å²) >= 11 is 0. The molecule has 0 aliphatic rings. The first-order chi connectivity index (χ1) is 10.1. The fourth-order valence-electron chi connectivity index (χ4n) is 2.32. The van der Waals surface area contributed by atoms with E-state index < -0.39 is 0 Å². The van der Waals surface area contributed by atoms with E-state index in [1.807, 2.05) is 13.8 Å². The SMILES string of the molecule is CCCCCCCCN=C(N)NCCc1c(C)noc1C.I. The number of nitrogens with two attached hydrogens (primary N) is 1. The van der Waals surface area contributed by atoms with Crippen molar-refractivity contribution < 1.29 is 4.52 Å². The van der Waals surface area contributed by atoms with Crippen molar-refractivity contribution in [3.63, 3.8) is 0 Å². The van der Waals surface area contributed by atoms with E-state index >= 15 is 0 Å². The maximum atomic E-state index is 5.85. The summed E-state index contributed by atoms with van der Waals surface area (Å²) in [5.74, 6) is 1.42. The number of aromatic nitrogens is 1. The van der Waals surface area contributed by atoms with Crippen molar-refractivity contribution in [1.82, 2.24) is 10.5 Å². The number of aliphatic imine (C=N–C) groups is 1. The molecule has 6 heteroatoms. The average Bonchev–Trinajstić information content (AvgIpc) is 2.78. The Kier molecular flexibility index (Phi) is 12.3. The third-order valence-electron chi connectivity index (χ3n) is 3.66. The van der Waals surface area contributed by atoms with Gasteiger partial charge in [0, 0.05) is 18.7 Å². The second kappa shape index (κ2) is 12.7. The van der Waals surface area contributed by atoms with Crippen LogP contribution in [0.2, 0.25) is 0 Å². The van der Waals surface area contributed by atoms with Crippen molar-refractivity contribution in [3.05, 3.63) is 17.0 Å². The number of nitrogens with zero attached hydrogens (tertiary/aromatic N) is 2. The molecule has 0 bridgehead atoms. The summed E-state index contributed by atoms with van der Waals surface area (Å²) in [6, 6.07) is 0. The van der Waals surface area contributed by atoms with Crippen LogP contribution >= 0.6 is 24.0 Å². The molecule has 0 atom stereocenters. The first kappa shape index (κ1) is 21.2. The molecule has 3 N–H and O–H groups in total. The van der Waals surface area contributed by atoms with Gasteiger partial charge >= 0.3 is 0 Å². The summed E-state index contributed by atoms with van der Waals surface area (Å²) in [5, 5.41) is 7.09. The predicted octanol–water partition coefficient (Wildman–Crippen LogP) is 3.72. The Morgan fingerprint density at radius 3 is 2.50 bits per heavy atom. The summed E-state index contributed by atoms with van der Waals surface area (Å²) in [6.07, 6.45) is 8.50. The molecule has 0 spiro atoms. The molecule has 0 aliphatic heterocycles. The molecule has 0 saturated carbocycles. The minimum absolute atomic E-state index is 0. The van der Waals surface area contributed by atoms with Crippen molar-refractivity contribution in [1.29, 1.82) is 0 Å². The van der Waals surface area contributed by atoms with E-state index in [2.05, 4.69) is 22.4 Å². The lowest BCUT2D eigenvalue weighted by atomic mass is 10.1. The van der Waals surface area contributed by atoms with Gasteiger partial charge in [-0.1, -0.05) is 44.2 Å². The van der Waals surface area contributed by atoms with E-state index in [0.717, 1.165) is 42.9 Å². The Morgan fingerprint density at radius 2 is 1.86 bits per heavy atom. The lowest BCUT2D eigenvalue weighted by Crippen LogP contribution is -2.33. The highest BCUT2D eigenvalue weighted by molar-refractivity contribution is 14.0. The zero-order valence-corrected chi connectivity index (χ0v) is 16.5. The molecule has 0 aliphatic carbocycles. The van der Waals surface area contributed by atoms with Gasteiger partial charge in [-0.3, -0.25) is 4.99 Å². The second-order valence-corrected chi connectivity index (χ2v) is 5.51. The quantitative estimate of drug-likeness (QED) is 0.261. The molecule has 1 heterocycles. The summed E-state index contributed by atoms with van der Waals surface area (Å²) in [4.78, 5) is 4.35. The van der Waals surface area contributed by atoms with Crippen LogP contribution < -0.4 is 11.1 Å². The van der Waals surface area contributed by atoms with Crippen molar-refractivity contribution in [2.45, 2.75) is 65.7 Å². The molecule has 0 amide bonds. The lowest BCUT2D eigenvalue weighted by Gasteiger charge is -2.05. The number of aryl methyl sites for hydroxylation is 2. The van der Waals surface area contributed by atoms with E-state index in [9.17, 15) is 0 Å². The van der Waals surface area contributed by atoms with Gasteiger partial charge in [-0.25, -0.2) is 0 Å². The average molecular weight is 422 g/mol. The maximum absolute atomic E-state index is 5.85. The Labute approximate surface area is 151 Å². The van der Waals surface area contributed by atoms with E-state index in [1.54, 1.807) is 0 Å². The van der Waals surface area contributed by atoms with Gasteiger partial charge in [-0.2, -0.15) is 0 Å². The molecule has 0 fully saturated rings. The molecule has 0 unspecified atom stereocenters. The molecule has 0 saturated heterocycles. The Hall–Kier alpha value is -0.790. The highest BCUT2D eigenvalue weighted by Crippen LogP contribution is 2.11. The molecule has 0 radical (unpaired) electrons. The van der Waals surface area contributed by atoms with Gasteiger partial charge in [0.1, 0.15) is 5.76 Å². The number of guanidine groups is 1. The van der Waals surface area contributed by atoms with E-state index in [-0.39, 0.29) is 24.0 Å². The van der Waals surface area contributed by atoms with Gasteiger partial charge in [0.05, 0.1) is 5.69 Å². The van der Waals surface area contributed by atoms with Crippen LogP contribution in [0.15, 0.2) is 9.52 Å². The van der Waals surface area contributed by atoms with Gasteiger partial charge in [-0.15, -0.1) is 24.0 Å². The first-order valence-electron chi connectivity index (χ1n) is 8.10. The van der Waals surface area contributed by atoms with Crippen LogP contribution in [-0.2, 0) is 6.42 Å². The Bertz CT molecular complexity index is 412. The zero-order chi connectivity index (χ0) is 15.5. The highest BCUT2D eigenvalue weighted by Gasteiger charge is 2.07. The van der Waals surface area contributed by atoms with Crippen LogP contribution in [0, 0.1) is 13.8 Å².